The van der Waals surface area contributed by atoms with Crippen molar-refractivity contribution in [3.05, 3.63) is 77.0 Å². The van der Waals surface area contributed by atoms with Crippen LogP contribution in [0.15, 0.2) is 48.5 Å². The van der Waals surface area contributed by atoms with E-state index in [1.165, 1.54) is 30.6 Å². The number of piperazine rings is 1. The van der Waals surface area contributed by atoms with Gasteiger partial charge in [-0.3, -0.25) is 9.21 Å². The molecule has 3 heterocycles. The second-order valence-electron chi connectivity index (χ2n) is 12.4. The Kier molecular flexibility index (Phi) is 9.39. The van der Waals surface area contributed by atoms with Crippen molar-refractivity contribution in [3.63, 3.8) is 0 Å². The summed E-state index contributed by atoms with van der Waals surface area (Å²) in [7, 11) is -1.93. The van der Waals surface area contributed by atoms with E-state index in [0.29, 0.717) is 47.6 Å². The van der Waals surface area contributed by atoms with Crippen molar-refractivity contribution >= 4 is 39.0 Å². The van der Waals surface area contributed by atoms with Gasteiger partial charge in [0.25, 0.3) is 0 Å². The summed E-state index contributed by atoms with van der Waals surface area (Å²) in [5, 5.41) is 3.36. The number of nitrogens with zero attached hydrogens (tertiary/aromatic N) is 6. The normalized spacial score (nSPS) is 17.9. The highest BCUT2D eigenvalue weighted by Crippen LogP contribution is 2.33. The second-order valence-corrected chi connectivity index (χ2v) is 14.4. The Morgan fingerprint density at radius 3 is 2.49 bits per heavy atom. The van der Waals surface area contributed by atoms with Gasteiger partial charge >= 0.3 is 0 Å². The molecule has 0 bridgehead atoms. The molecule has 2 fully saturated rings. The van der Waals surface area contributed by atoms with E-state index in [9.17, 15) is 8.42 Å². The highest BCUT2D eigenvalue weighted by molar-refractivity contribution is 7.92. The number of sulfonamides is 1. The summed E-state index contributed by atoms with van der Waals surface area (Å²) in [4.78, 5) is 17.0. The number of halogens is 1. The number of allylic oxidation sites excluding steroid dienone is 1. The number of piperidine rings is 1. The summed E-state index contributed by atoms with van der Waals surface area (Å²) >= 11 is 0. The van der Waals surface area contributed by atoms with Crippen molar-refractivity contribution in [1.82, 2.24) is 19.8 Å². The van der Waals surface area contributed by atoms with Gasteiger partial charge in [-0.1, -0.05) is 37.3 Å². The Morgan fingerprint density at radius 1 is 1.02 bits per heavy atom. The zero-order valence-electron chi connectivity index (χ0n) is 26.5. The Morgan fingerprint density at radius 2 is 1.78 bits per heavy atom. The molecule has 0 atom stereocenters. The third-order valence-corrected chi connectivity index (χ3v) is 10.5. The SMILES string of the molecule is CCCN1CCN(C2CCN(c3ccc(Cc4nc5c(c(Nc6ccccc6N(C)S(C)(=O)=O)n4)C=CC5)cc3F)CC2)CC1. The second kappa shape index (κ2) is 13.4. The molecule has 2 aliphatic heterocycles. The van der Waals surface area contributed by atoms with Crippen molar-refractivity contribution in [2.75, 3.05) is 73.6 Å². The van der Waals surface area contributed by atoms with Crippen LogP contribution < -0.4 is 14.5 Å². The molecule has 1 aromatic heterocycles. The number of benzene rings is 2. The van der Waals surface area contributed by atoms with Crippen LogP contribution in [0.4, 0.5) is 27.3 Å². The summed E-state index contributed by atoms with van der Waals surface area (Å²) < 4.78 is 41.3. The van der Waals surface area contributed by atoms with Gasteiger partial charge in [0.05, 0.1) is 29.0 Å². The number of fused-ring (bicyclic) bond motifs is 1. The molecule has 0 unspecified atom stereocenters. The first kappa shape index (κ1) is 31.4. The lowest BCUT2D eigenvalue weighted by Crippen LogP contribution is -2.53. The van der Waals surface area contributed by atoms with Crippen molar-refractivity contribution in [2.24, 2.45) is 0 Å². The Labute approximate surface area is 266 Å². The lowest BCUT2D eigenvalue weighted by atomic mass is 10.0. The van der Waals surface area contributed by atoms with Gasteiger partial charge in [-0.05, 0) is 55.6 Å². The predicted octanol–water partition coefficient (Wildman–Crippen LogP) is 4.91. The molecule has 0 radical (unpaired) electrons. The van der Waals surface area contributed by atoms with Gasteiger partial charge in [-0.15, -0.1) is 0 Å². The minimum absolute atomic E-state index is 0.210. The van der Waals surface area contributed by atoms with Crippen molar-refractivity contribution in [3.8, 4) is 0 Å². The molecule has 2 aromatic carbocycles. The average molecular weight is 634 g/mol. The number of nitrogens with one attached hydrogen (secondary N) is 1. The zero-order chi connectivity index (χ0) is 31.6. The lowest BCUT2D eigenvalue weighted by Gasteiger charge is -2.43. The van der Waals surface area contributed by atoms with Gasteiger partial charge in [0.15, 0.2) is 0 Å². The first-order valence-electron chi connectivity index (χ1n) is 16.1. The molecule has 0 amide bonds. The smallest absolute Gasteiger partial charge is 0.232 e. The highest BCUT2D eigenvalue weighted by atomic mass is 32.2. The molecule has 3 aliphatic rings. The molecule has 6 rings (SSSR count). The topological polar surface area (TPSA) is 84.9 Å². The summed E-state index contributed by atoms with van der Waals surface area (Å²) in [6, 6.07) is 13.3. The molecule has 1 N–H and O–H groups in total. The maximum atomic E-state index is 15.5. The van der Waals surface area contributed by atoms with Crippen LogP contribution in [-0.4, -0.2) is 93.3 Å². The minimum Gasteiger partial charge on any atom is -0.369 e. The van der Waals surface area contributed by atoms with Gasteiger partial charge in [0.1, 0.15) is 17.5 Å². The van der Waals surface area contributed by atoms with Gasteiger partial charge in [-0.2, -0.15) is 0 Å². The number of aromatic nitrogens is 2. The maximum absolute atomic E-state index is 15.5. The van der Waals surface area contributed by atoms with Crippen LogP contribution in [0.3, 0.4) is 0 Å². The molecule has 9 nitrogen and oxygen atoms in total. The van der Waals surface area contributed by atoms with Crippen LogP contribution in [0.2, 0.25) is 0 Å². The molecule has 3 aromatic rings. The first-order chi connectivity index (χ1) is 21.7. The fourth-order valence-electron chi connectivity index (χ4n) is 6.76. The summed E-state index contributed by atoms with van der Waals surface area (Å²) in [5.41, 5.74) is 4.39. The molecular weight excluding hydrogens is 589 g/mol. The van der Waals surface area contributed by atoms with Crippen molar-refractivity contribution < 1.29 is 12.8 Å². The average Bonchev–Trinajstić information content (AvgIpc) is 3.51. The zero-order valence-corrected chi connectivity index (χ0v) is 27.4. The fraction of sp³-hybridized carbons (Fsp3) is 0.471. The largest absolute Gasteiger partial charge is 0.369 e. The molecular formula is C34H44FN7O2S. The van der Waals surface area contributed by atoms with Crippen LogP contribution in [0.25, 0.3) is 6.08 Å². The first-order valence-corrected chi connectivity index (χ1v) is 17.9. The quantitative estimate of drug-likeness (QED) is 0.337. The third kappa shape index (κ3) is 7.15. The fourth-order valence-corrected chi connectivity index (χ4v) is 7.28. The number of anilines is 4. The summed E-state index contributed by atoms with van der Waals surface area (Å²) in [6.07, 6.45) is 9.59. The van der Waals surface area contributed by atoms with Crippen LogP contribution >= 0.6 is 0 Å². The molecule has 1 aliphatic carbocycles. The van der Waals surface area contributed by atoms with E-state index >= 15 is 4.39 Å². The van der Waals surface area contributed by atoms with Crippen LogP contribution in [-0.2, 0) is 22.9 Å². The van der Waals surface area contributed by atoms with Gasteiger partial charge in [0, 0.05) is 70.8 Å². The van der Waals surface area contributed by atoms with Gasteiger partial charge in [-0.25, -0.2) is 22.8 Å². The molecule has 0 saturated carbocycles. The van der Waals surface area contributed by atoms with E-state index in [4.69, 9.17) is 9.97 Å². The maximum Gasteiger partial charge on any atom is 0.232 e. The molecule has 0 spiro atoms. The molecule has 2 saturated heterocycles. The van der Waals surface area contributed by atoms with Crippen molar-refractivity contribution in [1.29, 1.82) is 0 Å². The van der Waals surface area contributed by atoms with Crippen LogP contribution in [0.5, 0.6) is 0 Å². The summed E-state index contributed by atoms with van der Waals surface area (Å²) in [5.74, 6) is 0.976. The highest BCUT2D eigenvalue weighted by Gasteiger charge is 2.28. The predicted molar refractivity (Wildman–Crippen MR) is 180 cm³/mol. The lowest BCUT2D eigenvalue weighted by molar-refractivity contribution is 0.0849. The summed E-state index contributed by atoms with van der Waals surface area (Å²) in [6.45, 7) is 9.73. The number of para-hydroxylation sites is 2. The number of hydrogen-bond acceptors (Lipinski definition) is 8. The van der Waals surface area contributed by atoms with E-state index in [2.05, 4.69) is 26.9 Å². The van der Waals surface area contributed by atoms with E-state index in [1.54, 1.807) is 18.2 Å². The van der Waals surface area contributed by atoms with E-state index in [0.717, 1.165) is 68.9 Å². The molecule has 45 heavy (non-hydrogen) atoms. The molecule has 240 valence electrons. The van der Waals surface area contributed by atoms with E-state index < -0.39 is 10.0 Å². The van der Waals surface area contributed by atoms with E-state index in [-0.39, 0.29) is 5.82 Å². The Bertz CT molecular complexity index is 1650. The number of hydrogen-bond donors (Lipinski definition) is 1. The monoisotopic (exact) mass is 633 g/mol. The van der Waals surface area contributed by atoms with Gasteiger partial charge in [0.2, 0.25) is 10.0 Å². The standard InChI is InChI=1S/C34H44FN7O2S/c1-4-16-40-19-21-41(22-20-40)26-14-17-42(18-15-26)31-13-12-25(23-28(31)35)24-33-36-29-10-7-8-27(29)34(38-33)37-30-9-5-6-11-32(30)39(2)45(3,43)44/h5-9,11-13,23,26H,4,10,14-22,24H2,1-3H3,(H,36,37,38). The van der Waals surface area contributed by atoms with Crippen molar-refractivity contribution in [2.45, 2.75) is 45.1 Å². The van der Waals surface area contributed by atoms with Crippen LogP contribution in [0.1, 0.15) is 48.8 Å². The Hall–Kier alpha value is -3.54. The molecule has 11 heteroatoms. The number of rotatable bonds is 10. The van der Waals surface area contributed by atoms with Gasteiger partial charge < -0.3 is 15.1 Å². The minimum atomic E-state index is -3.45. The third-order valence-electron chi connectivity index (χ3n) is 9.30. The van der Waals surface area contributed by atoms with E-state index in [1.807, 2.05) is 36.4 Å². The van der Waals surface area contributed by atoms with Crippen LogP contribution in [0, 0.1) is 5.82 Å². The Balaban J connectivity index is 1.13.